The Morgan fingerprint density at radius 2 is 1.07 bits per heavy atom. The van der Waals surface area contributed by atoms with Gasteiger partial charge in [-0.05, 0) is 36.4 Å². The minimum Gasteiger partial charge on any atom is -0.478 e. The highest BCUT2D eigenvalue weighted by molar-refractivity contribution is 5.92. The summed E-state index contributed by atoms with van der Waals surface area (Å²) in [5.41, 5.74) is -0.836. The molecule has 0 bridgehead atoms. The number of benzene rings is 3. The average Bonchev–Trinajstić information content (AvgIpc) is 3.80. The van der Waals surface area contributed by atoms with Gasteiger partial charge in [-0.25, -0.2) is 27.6 Å². The summed E-state index contributed by atoms with van der Waals surface area (Å²) in [4.78, 5) is 35.6. The van der Waals surface area contributed by atoms with Gasteiger partial charge >= 0.3 is 17.9 Å². The maximum Gasteiger partial charge on any atom is 0.358 e. The van der Waals surface area contributed by atoms with Crippen LogP contribution in [0.4, 0.5) is 13.2 Å². The second kappa shape index (κ2) is 14.0. The number of hydrogen-bond donors (Lipinski definition) is 3. The van der Waals surface area contributed by atoms with Crippen LogP contribution in [0.1, 0.15) is 31.2 Å². The highest BCUT2D eigenvalue weighted by atomic mass is 19.1. The van der Waals surface area contributed by atoms with Crippen LogP contribution in [0, 0.1) is 17.5 Å². The Morgan fingerprint density at radius 3 is 1.53 bits per heavy atom. The van der Waals surface area contributed by atoms with Gasteiger partial charge < -0.3 is 15.3 Å². The van der Waals surface area contributed by atoms with Gasteiger partial charge in [-0.1, -0.05) is 18.2 Å². The van der Waals surface area contributed by atoms with Crippen LogP contribution in [-0.2, 0) is 0 Å². The maximum absolute atomic E-state index is 13.4. The first-order chi connectivity index (χ1) is 21.6. The predicted molar refractivity (Wildman–Crippen MR) is 145 cm³/mol. The lowest BCUT2D eigenvalue weighted by molar-refractivity contribution is 0.0679. The van der Waals surface area contributed by atoms with E-state index in [-0.39, 0.29) is 22.9 Å². The zero-order chi connectivity index (χ0) is 32.5. The number of carboxylic acids is 3. The summed E-state index contributed by atoms with van der Waals surface area (Å²) in [6, 6.07) is 13.6. The number of halogens is 3. The molecule has 0 radical (unpaired) electrons. The number of carbonyl (C=O) groups is 3. The van der Waals surface area contributed by atoms with Gasteiger partial charge in [0, 0.05) is 6.07 Å². The van der Waals surface area contributed by atoms with Crippen LogP contribution in [0.3, 0.4) is 0 Å². The molecule has 0 unspecified atom stereocenters. The smallest absolute Gasteiger partial charge is 0.358 e. The van der Waals surface area contributed by atoms with Crippen molar-refractivity contribution in [2.24, 2.45) is 0 Å². The minimum atomic E-state index is -1.49. The third-order valence-corrected chi connectivity index (χ3v) is 5.43. The SMILES string of the molecule is Fc1cccc(-n2nccn2)c1.O=C(O)c1c(F)cccc1-n1nccn1.O=C(O)c1cnn(-c2cccc(F)c2C(=O)O)n1. The van der Waals surface area contributed by atoms with Crippen LogP contribution in [0.5, 0.6) is 0 Å². The van der Waals surface area contributed by atoms with E-state index in [0.29, 0.717) is 5.69 Å². The Hall–Kier alpha value is -6.72. The van der Waals surface area contributed by atoms with Crippen molar-refractivity contribution in [2.45, 2.75) is 0 Å². The van der Waals surface area contributed by atoms with Gasteiger partial charge in [-0.2, -0.15) is 35.1 Å². The van der Waals surface area contributed by atoms with Gasteiger partial charge in [-0.15, -0.1) is 9.90 Å². The summed E-state index contributed by atoms with van der Waals surface area (Å²) in [6.07, 6.45) is 6.81. The maximum atomic E-state index is 13.4. The molecule has 0 aliphatic carbocycles. The number of aromatic carboxylic acids is 3. The molecule has 3 aromatic carbocycles. The van der Waals surface area contributed by atoms with Gasteiger partial charge in [0.25, 0.3) is 0 Å². The molecule has 6 rings (SSSR count). The molecule has 45 heavy (non-hydrogen) atoms. The van der Waals surface area contributed by atoms with Crippen molar-refractivity contribution < 1.29 is 42.9 Å². The zero-order valence-corrected chi connectivity index (χ0v) is 22.4. The van der Waals surface area contributed by atoms with E-state index in [1.807, 2.05) is 0 Å². The summed E-state index contributed by atoms with van der Waals surface area (Å²) in [5.74, 6) is -6.19. The molecule has 228 valence electrons. The lowest BCUT2D eigenvalue weighted by Crippen LogP contribution is -2.11. The summed E-state index contributed by atoms with van der Waals surface area (Å²) < 4.78 is 39.3. The van der Waals surface area contributed by atoms with Crippen molar-refractivity contribution in [1.82, 2.24) is 45.0 Å². The fraction of sp³-hybridized carbons (Fsp3) is 0. The molecule has 0 amide bonds. The van der Waals surface area contributed by atoms with E-state index in [2.05, 4.69) is 30.6 Å². The van der Waals surface area contributed by atoms with E-state index < -0.39 is 40.7 Å². The lowest BCUT2D eigenvalue weighted by atomic mass is 10.1. The number of aromatic nitrogens is 9. The number of hydrogen-bond acceptors (Lipinski definition) is 9. The molecule has 3 aromatic heterocycles. The highest BCUT2D eigenvalue weighted by Crippen LogP contribution is 2.17. The second-order valence-electron chi connectivity index (χ2n) is 8.32. The van der Waals surface area contributed by atoms with Crippen LogP contribution in [-0.4, -0.2) is 78.2 Å². The first-order valence-corrected chi connectivity index (χ1v) is 12.3. The van der Waals surface area contributed by atoms with Crippen LogP contribution in [0.25, 0.3) is 17.1 Å². The Kier molecular flexibility index (Phi) is 9.69. The number of carboxylic acid groups (broad SMARTS) is 3. The van der Waals surface area contributed by atoms with Crippen molar-refractivity contribution in [3.8, 4) is 17.1 Å². The van der Waals surface area contributed by atoms with E-state index in [4.69, 9.17) is 15.3 Å². The van der Waals surface area contributed by atoms with Gasteiger partial charge in [0.2, 0.25) is 0 Å². The van der Waals surface area contributed by atoms with Crippen molar-refractivity contribution in [1.29, 1.82) is 0 Å². The first kappa shape index (κ1) is 31.2. The second-order valence-corrected chi connectivity index (χ2v) is 8.32. The van der Waals surface area contributed by atoms with Gasteiger partial charge in [-0.3, -0.25) is 0 Å². The summed E-state index contributed by atoms with van der Waals surface area (Å²) >= 11 is 0. The summed E-state index contributed by atoms with van der Waals surface area (Å²) in [5, 5.41) is 48.8. The zero-order valence-electron chi connectivity index (χ0n) is 22.4. The molecule has 0 aliphatic rings. The molecule has 3 N–H and O–H groups in total. The van der Waals surface area contributed by atoms with Crippen molar-refractivity contribution in [3.63, 3.8) is 0 Å². The van der Waals surface area contributed by atoms with Gasteiger partial charge in [0.05, 0.1) is 36.7 Å². The van der Waals surface area contributed by atoms with Crippen LogP contribution in [0.2, 0.25) is 0 Å². The quantitative estimate of drug-likeness (QED) is 0.245. The average molecular weight is 621 g/mol. The lowest BCUT2D eigenvalue weighted by Gasteiger charge is -2.04. The van der Waals surface area contributed by atoms with E-state index in [1.165, 1.54) is 53.6 Å². The molecule has 0 saturated carbocycles. The summed E-state index contributed by atoms with van der Waals surface area (Å²) in [7, 11) is 0. The number of nitrogens with zero attached hydrogens (tertiary/aromatic N) is 9. The molecule has 18 heteroatoms. The van der Waals surface area contributed by atoms with Gasteiger partial charge in [0.15, 0.2) is 5.69 Å². The Bertz CT molecular complexity index is 1950. The molecular formula is C27H18F3N9O6. The largest absolute Gasteiger partial charge is 0.478 e. The Morgan fingerprint density at radius 1 is 0.578 bits per heavy atom. The molecule has 0 saturated heterocycles. The summed E-state index contributed by atoms with van der Waals surface area (Å²) in [6.45, 7) is 0. The highest BCUT2D eigenvalue weighted by Gasteiger charge is 2.20. The minimum absolute atomic E-state index is 0.104. The molecule has 0 spiro atoms. The molecule has 15 nitrogen and oxygen atoms in total. The monoisotopic (exact) mass is 621 g/mol. The van der Waals surface area contributed by atoms with Crippen LogP contribution < -0.4 is 0 Å². The molecule has 0 aliphatic heterocycles. The third kappa shape index (κ3) is 7.57. The van der Waals surface area contributed by atoms with Crippen molar-refractivity contribution >= 4 is 17.9 Å². The van der Waals surface area contributed by atoms with Crippen LogP contribution >= 0.6 is 0 Å². The van der Waals surface area contributed by atoms with Gasteiger partial charge in [0.1, 0.15) is 40.0 Å². The van der Waals surface area contributed by atoms with Crippen LogP contribution in [0.15, 0.2) is 91.6 Å². The Balaban J connectivity index is 0.000000157. The molecule has 6 aromatic rings. The van der Waals surface area contributed by atoms with E-state index in [1.54, 1.807) is 24.5 Å². The predicted octanol–water partition coefficient (Wildman–Crippen LogP) is 3.31. The fourth-order valence-electron chi connectivity index (χ4n) is 3.55. The molecular weight excluding hydrogens is 603 g/mol. The molecule has 0 atom stereocenters. The van der Waals surface area contributed by atoms with Crippen molar-refractivity contribution in [2.75, 3.05) is 0 Å². The third-order valence-electron chi connectivity index (χ3n) is 5.43. The van der Waals surface area contributed by atoms with E-state index in [9.17, 15) is 27.6 Å². The van der Waals surface area contributed by atoms with E-state index in [0.717, 1.165) is 27.9 Å². The Labute approximate surface area is 249 Å². The topological polar surface area (TPSA) is 204 Å². The van der Waals surface area contributed by atoms with Crippen molar-refractivity contribution in [3.05, 3.63) is 126 Å². The molecule has 3 heterocycles. The molecule has 0 fully saturated rings. The van der Waals surface area contributed by atoms with E-state index >= 15 is 0 Å². The fourth-order valence-corrected chi connectivity index (χ4v) is 3.55. The first-order valence-electron chi connectivity index (χ1n) is 12.3. The standard InChI is InChI=1S/C10H6FN3O4.C9H6FN3O2.C8H6FN3/c11-5-2-1-3-7(8(5)10(17)18)14-12-4-6(13-14)9(15)16;10-6-2-1-3-7(8(6)9(14)15)13-11-4-5-12-13;9-7-2-1-3-8(6-7)12-10-4-5-11-12/h1-4H,(H,15,16)(H,17,18);1-5H,(H,14,15);1-6H. The normalized spacial score (nSPS) is 10.2. The number of rotatable bonds is 6.